The average molecular weight is 506 g/mol. The minimum Gasteiger partial charge on any atom is -0.224 e. The van der Waals surface area contributed by atoms with Crippen molar-refractivity contribution in [1.29, 1.82) is 0 Å². The highest BCUT2D eigenvalue weighted by Gasteiger charge is 2.17. The van der Waals surface area contributed by atoms with Gasteiger partial charge in [0.05, 0.1) is 21.3 Å². The van der Waals surface area contributed by atoms with Gasteiger partial charge in [-0.05, 0) is 42.7 Å². The molecule has 0 fully saturated rings. The van der Waals surface area contributed by atoms with Crippen molar-refractivity contribution in [2.24, 2.45) is 0 Å². The fourth-order valence-electron chi connectivity index (χ4n) is 3.76. The van der Waals surface area contributed by atoms with Gasteiger partial charge in [-0.25, -0.2) is 16.8 Å². The fraction of sp³-hybridized carbons (Fsp3) is 0.462. The second kappa shape index (κ2) is 11.6. The Kier molecular flexibility index (Phi) is 9.13. The zero-order valence-corrected chi connectivity index (χ0v) is 21.9. The highest BCUT2D eigenvalue weighted by atomic mass is 32.2. The molecule has 33 heavy (non-hydrogen) atoms. The monoisotopic (exact) mass is 505 g/mol. The van der Waals surface area contributed by atoms with Gasteiger partial charge in [-0.3, -0.25) is 0 Å². The first-order valence-corrected chi connectivity index (χ1v) is 15.9. The van der Waals surface area contributed by atoms with Gasteiger partial charge in [0.1, 0.15) is 0 Å². The van der Waals surface area contributed by atoms with Crippen molar-refractivity contribution in [1.82, 2.24) is 0 Å². The van der Waals surface area contributed by atoms with Crippen molar-refractivity contribution in [2.75, 3.05) is 11.5 Å². The van der Waals surface area contributed by atoms with E-state index in [1.165, 1.54) is 11.3 Å². The van der Waals surface area contributed by atoms with Gasteiger partial charge < -0.3 is 0 Å². The zero-order chi connectivity index (χ0) is 23.9. The van der Waals surface area contributed by atoms with Crippen molar-refractivity contribution in [3.8, 4) is 10.4 Å². The molecule has 1 aromatic heterocycles. The predicted molar refractivity (Wildman–Crippen MR) is 138 cm³/mol. The number of thiophene rings is 1. The highest BCUT2D eigenvalue weighted by molar-refractivity contribution is 7.91. The van der Waals surface area contributed by atoms with E-state index in [-0.39, 0.29) is 11.5 Å². The Hall–Kier alpha value is -1.70. The van der Waals surface area contributed by atoms with Crippen molar-refractivity contribution in [3.05, 3.63) is 48.5 Å². The lowest BCUT2D eigenvalue weighted by molar-refractivity contribution is 0.587. The normalized spacial score (nSPS) is 12.4. The van der Waals surface area contributed by atoms with Crippen LogP contribution in [0.15, 0.2) is 52.3 Å². The van der Waals surface area contributed by atoms with E-state index in [1.807, 2.05) is 18.2 Å². The molecule has 3 rings (SSSR count). The summed E-state index contributed by atoms with van der Waals surface area (Å²) in [6.45, 7) is 4.21. The predicted octanol–water partition coefficient (Wildman–Crippen LogP) is 7.08. The standard InChI is InChI=1S/C26H33O4S3/c1-3-5-7-9-17-32(27,28)23-14-11-21(12-15-23)25-19-22-13-16-24(20-26(22)31-25)33(29,30)18-10-8-6-4-2/h11-16,20H,3-10,17-18H2,1-2H3. The van der Waals surface area contributed by atoms with Crippen LogP contribution in [0, 0.1) is 6.07 Å². The first-order valence-electron chi connectivity index (χ1n) is 11.8. The number of sulfone groups is 2. The van der Waals surface area contributed by atoms with Gasteiger partial charge >= 0.3 is 0 Å². The molecule has 0 amide bonds. The molecular weight excluding hydrogens is 472 g/mol. The summed E-state index contributed by atoms with van der Waals surface area (Å²) in [5, 5.41) is 0.868. The number of unbranched alkanes of at least 4 members (excludes halogenated alkanes) is 6. The van der Waals surface area contributed by atoms with E-state index >= 15 is 0 Å². The molecule has 1 radical (unpaired) electrons. The van der Waals surface area contributed by atoms with Crippen LogP contribution in [-0.4, -0.2) is 28.3 Å². The van der Waals surface area contributed by atoms with Gasteiger partial charge in [-0.15, -0.1) is 11.3 Å². The maximum atomic E-state index is 12.7. The fourth-order valence-corrected chi connectivity index (χ4v) is 7.65. The Morgan fingerprint density at radius 2 is 1.24 bits per heavy atom. The van der Waals surface area contributed by atoms with Gasteiger partial charge in [0.2, 0.25) is 0 Å². The lowest BCUT2D eigenvalue weighted by Gasteiger charge is -2.05. The third-order valence-corrected chi connectivity index (χ3v) is 10.5. The molecule has 0 unspecified atom stereocenters. The Balaban J connectivity index is 1.75. The number of rotatable bonds is 13. The zero-order valence-electron chi connectivity index (χ0n) is 19.5. The van der Waals surface area contributed by atoms with E-state index in [1.54, 1.807) is 24.3 Å². The molecule has 0 aliphatic carbocycles. The molecule has 7 heteroatoms. The summed E-state index contributed by atoms with van der Waals surface area (Å²) in [5.74, 6) is 0.353. The minimum absolute atomic E-state index is 0.175. The topological polar surface area (TPSA) is 68.3 Å². The smallest absolute Gasteiger partial charge is 0.178 e. The summed E-state index contributed by atoms with van der Waals surface area (Å²) in [7, 11) is -6.57. The molecule has 0 aliphatic heterocycles. The minimum atomic E-state index is -3.30. The van der Waals surface area contributed by atoms with E-state index in [0.717, 1.165) is 59.1 Å². The SMILES string of the molecule is CCCCCCS(=O)(=O)c1ccc(-c2[c]c3ccc(S(=O)(=O)CCCCCC)cc3s2)cc1. The average Bonchev–Trinajstić information content (AvgIpc) is 3.23. The van der Waals surface area contributed by atoms with Crippen molar-refractivity contribution in [3.63, 3.8) is 0 Å². The molecule has 0 N–H and O–H groups in total. The Labute approximate surface area is 202 Å². The summed E-state index contributed by atoms with van der Waals surface area (Å²) < 4.78 is 51.4. The van der Waals surface area contributed by atoms with Crippen LogP contribution in [0.4, 0.5) is 0 Å². The second-order valence-electron chi connectivity index (χ2n) is 8.50. The van der Waals surface area contributed by atoms with Crippen LogP contribution in [0.3, 0.4) is 0 Å². The Bertz CT molecular complexity index is 1250. The number of fused-ring (bicyclic) bond motifs is 1. The van der Waals surface area contributed by atoms with E-state index in [4.69, 9.17) is 0 Å². The molecule has 0 saturated heterocycles. The third-order valence-electron chi connectivity index (χ3n) is 5.78. The molecule has 0 saturated carbocycles. The van der Waals surface area contributed by atoms with Gasteiger partial charge in [0, 0.05) is 21.0 Å². The number of hydrogen-bond acceptors (Lipinski definition) is 5. The van der Waals surface area contributed by atoms with E-state index in [0.29, 0.717) is 22.6 Å². The van der Waals surface area contributed by atoms with Crippen LogP contribution >= 0.6 is 11.3 Å². The largest absolute Gasteiger partial charge is 0.224 e. The molecule has 0 aliphatic rings. The number of benzene rings is 2. The van der Waals surface area contributed by atoms with Crippen LogP contribution in [0.5, 0.6) is 0 Å². The molecule has 0 spiro atoms. The van der Waals surface area contributed by atoms with E-state index in [9.17, 15) is 16.8 Å². The van der Waals surface area contributed by atoms with Crippen LogP contribution in [0.1, 0.15) is 65.2 Å². The molecule has 4 nitrogen and oxygen atoms in total. The van der Waals surface area contributed by atoms with Crippen molar-refractivity contribution >= 4 is 41.1 Å². The highest BCUT2D eigenvalue weighted by Crippen LogP contribution is 2.35. The van der Waals surface area contributed by atoms with Gasteiger partial charge in [0.15, 0.2) is 19.7 Å². The summed E-state index contributed by atoms with van der Waals surface area (Å²) in [5.41, 5.74) is 0.880. The first-order chi connectivity index (χ1) is 15.8. The summed E-state index contributed by atoms with van der Waals surface area (Å²) in [6.07, 6.45) is 7.49. The molecule has 3 aromatic rings. The Morgan fingerprint density at radius 1 is 0.697 bits per heavy atom. The van der Waals surface area contributed by atoms with Gasteiger partial charge in [-0.1, -0.05) is 70.6 Å². The van der Waals surface area contributed by atoms with Crippen molar-refractivity contribution in [2.45, 2.75) is 75.0 Å². The summed E-state index contributed by atoms with van der Waals surface area (Å²) in [4.78, 5) is 1.58. The van der Waals surface area contributed by atoms with Gasteiger partial charge in [-0.2, -0.15) is 0 Å². The lowest BCUT2D eigenvalue weighted by Crippen LogP contribution is -2.06. The van der Waals surface area contributed by atoms with Crippen LogP contribution in [-0.2, 0) is 19.7 Å². The Morgan fingerprint density at radius 3 is 1.82 bits per heavy atom. The second-order valence-corrected chi connectivity index (χ2v) is 13.8. The van der Waals surface area contributed by atoms with Crippen LogP contribution in [0.2, 0.25) is 0 Å². The number of hydrogen-bond donors (Lipinski definition) is 0. The summed E-state index contributed by atoms with van der Waals surface area (Å²) >= 11 is 1.48. The molecule has 179 valence electrons. The van der Waals surface area contributed by atoms with Crippen LogP contribution < -0.4 is 0 Å². The van der Waals surface area contributed by atoms with Gasteiger partial charge in [0.25, 0.3) is 0 Å². The summed E-state index contributed by atoms with van der Waals surface area (Å²) in [6, 6.07) is 15.5. The van der Waals surface area contributed by atoms with Crippen molar-refractivity contribution < 1.29 is 16.8 Å². The first kappa shape index (κ1) is 25.9. The quantitative estimate of drug-likeness (QED) is 0.233. The lowest BCUT2D eigenvalue weighted by atomic mass is 10.1. The molecule has 0 atom stereocenters. The maximum Gasteiger partial charge on any atom is 0.178 e. The maximum absolute atomic E-state index is 12.7. The molecule has 0 bridgehead atoms. The third kappa shape index (κ3) is 6.90. The molecule has 1 heterocycles. The van der Waals surface area contributed by atoms with E-state index < -0.39 is 19.7 Å². The molecule has 2 aromatic carbocycles. The van der Waals surface area contributed by atoms with E-state index in [2.05, 4.69) is 19.9 Å². The molecular formula is C26H33O4S3. The van der Waals surface area contributed by atoms with Crippen LogP contribution in [0.25, 0.3) is 20.5 Å².